The third kappa shape index (κ3) is 3.30. The van der Waals surface area contributed by atoms with Crippen LogP contribution in [0.3, 0.4) is 0 Å². The van der Waals surface area contributed by atoms with Crippen LogP contribution in [0.5, 0.6) is 5.88 Å². The van der Waals surface area contributed by atoms with Crippen molar-refractivity contribution in [2.24, 2.45) is 0 Å². The summed E-state index contributed by atoms with van der Waals surface area (Å²) in [5, 5.41) is 0. The van der Waals surface area contributed by atoms with Gasteiger partial charge in [0.2, 0.25) is 5.88 Å². The van der Waals surface area contributed by atoms with Crippen molar-refractivity contribution in [2.45, 2.75) is 12.5 Å². The number of hydrogen-bond donors (Lipinski definition) is 0. The van der Waals surface area contributed by atoms with Crippen LogP contribution in [0, 0.1) is 17.5 Å². The van der Waals surface area contributed by atoms with Gasteiger partial charge in [0.25, 0.3) is 5.91 Å². The van der Waals surface area contributed by atoms with E-state index in [1.54, 1.807) is 0 Å². The number of para-hydroxylation sites is 2. The van der Waals surface area contributed by atoms with E-state index < -0.39 is 28.9 Å². The second-order valence-corrected chi connectivity index (χ2v) is 6.20. The molecule has 0 aliphatic carbocycles. The number of aromatic nitrogens is 2. The Labute approximate surface area is 152 Å². The zero-order chi connectivity index (χ0) is 19.0. The fraction of sp³-hybridized carbons (Fsp3) is 0.211. The van der Waals surface area contributed by atoms with Gasteiger partial charge in [-0.1, -0.05) is 12.1 Å². The Morgan fingerprint density at radius 3 is 2.67 bits per heavy atom. The van der Waals surface area contributed by atoms with Gasteiger partial charge in [-0.3, -0.25) is 4.79 Å². The second kappa shape index (κ2) is 6.86. The van der Waals surface area contributed by atoms with Gasteiger partial charge in [0.15, 0.2) is 17.5 Å². The van der Waals surface area contributed by atoms with E-state index in [-0.39, 0.29) is 12.6 Å². The minimum atomic E-state index is -1.65. The second-order valence-electron chi connectivity index (χ2n) is 6.20. The average Bonchev–Trinajstić information content (AvgIpc) is 3.14. The van der Waals surface area contributed by atoms with Crippen LogP contribution in [0.4, 0.5) is 13.2 Å². The van der Waals surface area contributed by atoms with Crippen LogP contribution in [0.25, 0.3) is 11.0 Å². The lowest BCUT2D eigenvalue weighted by molar-refractivity contribution is 0.0765. The third-order valence-electron chi connectivity index (χ3n) is 4.41. The van der Waals surface area contributed by atoms with Crippen LogP contribution in [-0.2, 0) is 0 Å². The molecule has 1 saturated heterocycles. The highest BCUT2D eigenvalue weighted by atomic mass is 19.2. The number of ether oxygens (including phenoxy) is 1. The summed E-state index contributed by atoms with van der Waals surface area (Å²) in [6.07, 6.45) is 1.66. The SMILES string of the molecule is O=C(c1ccc(F)c(F)c1F)N1CCC(Oc2cnc3ccccc3n2)C1. The molecule has 0 spiro atoms. The Bertz CT molecular complexity index is 1030. The van der Waals surface area contributed by atoms with E-state index >= 15 is 0 Å². The van der Waals surface area contributed by atoms with E-state index in [0.29, 0.717) is 24.4 Å². The molecule has 0 bridgehead atoms. The quantitative estimate of drug-likeness (QED) is 0.661. The molecule has 3 aromatic rings. The molecule has 0 N–H and O–H groups in total. The molecule has 1 aromatic heterocycles. The van der Waals surface area contributed by atoms with E-state index in [9.17, 15) is 18.0 Å². The van der Waals surface area contributed by atoms with Gasteiger partial charge in [-0.05, 0) is 24.3 Å². The minimum Gasteiger partial charge on any atom is -0.471 e. The van der Waals surface area contributed by atoms with Crippen LogP contribution in [0.1, 0.15) is 16.8 Å². The van der Waals surface area contributed by atoms with Crippen molar-refractivity contribution in [2.75, 3.05) is 13.1 Å². The number of amides is 1. The molecular weight excluding hydrogens is 359 g/mol. The Morgan fingerprint density at radius 1 is 1.07 bits per heavy atom. The molecule has 5 nitrogen and oxygen atoms in total. The molecule has 1 fully saturated rings. The Kier molecular flexibility index (Phi) is 4.39. The summed E-state index contributed by atoms with van der Waals surface area (Å²) in [5.74, 6) is -4.85. The third-order valence-corrected chi connectivity index (χ3v) is 4.41. The highest BCUT2D eigenvalue weighted by Gasteiger charge is 2.31. The van der Waals surface area contributed by atoms with E-state index in [0.717, 1.165) is 17.6 Å². The van der Waals surface area contributed by atoms with Crippen molar-refractivity contribution in [3.63, 3.8) is 0 Å². The molecule has 1 amide bonds. The zero-order valence-corrected chi connectivity index (χ0v) is 14.0. The molecule has 4 rings (SSSR count). The highest BCUT2D eigenvalue weighted by Crippen LogP contribution is 2.22. The maximum atomic E-state index is 13.8. The first kappa shape index (κ1) is 17.3. The lowest BCUT2D eigenvalue weighted by atomic mass is 10.1. The fourth-order valence-electron chi connectivity index (χ4n) is 3.04. The summed E-state index contributed by atoms with van der Waals surface area (Å²) in [7, 11) is 0. The first-order valence-electron chi connectivity index (χ1n) is 8.34. The van der Waals surface area contributed by atoms with Crippen LogP contribution in [-0.4, -0.2) is 40.0 Å². The standard InChI is InChI=1S/C19H14F3N3O2/c20-13-6-5-12(17(21)18(13)22)19(26)25-8-7-11(10-25)27-16-9-23-14-3-1-2-4-15(14)24-16/h1-6,9,11H,7-8,10H2. The van der Waals surface area contributed by atoms with Crippen molar-refractivity contribution < 1.29 is 22.7 Å². The van der Waals surface area contributed by atoms with Gasteiger partial charge in [0.1, 0.15) is 6.10 Å². The number of benzene rings is 2. The van der Waals surface area contributed by atoms with E-state index in [2.05, 4.69) is 9.97 Å². The maximum Gasteiger partial charge on any atom is 0.257 e. The largest absolute Gasteiger partial charge is 0.471 e. The monoisotopic (exact) mass is 373 g/mol. The Balaban J connectivity index is 1.46. The fourth-order valence-corrected chi connectivity index (χ4v) is 3.04. The van der Waals surface area contributed by atoms with Crippen molar-refractivity contribution in [1.82, 2.24) is 14.9 Å². The summed E-state index contributed by atoms with van der Waals surface area (Å²) in [4.78, 5) is 22.4. The maximum absolute atomic E-state index is 13.8. The number of hydrogen-bond acceptors (Lipinski definition) is 4. The van der Waals surface area contributed by atoms with Crippen LogP contribution < -0.4 is 4.74 Å². The number of carbonyl (C=O) groups excluding carboxylic acids is 1. The number of carbonyl (C=O) groups is 1. The number of likely N-dealkylation sites (tertiary alicyclic amines) is 1. The first-order chi connectivity index (χ1) is 13.0. The molecule has 0 saturated carbocycles. The van der Waals surface area contributed by atoms with Crippen LogP contribution in [0.15, 0.2) is 42.6 Å². The zero-order valence-electron chi connectivity index (χ0n) is 14.0. The van der Waals surface area contributed by atoms with E-state index in [4.69, 9.17) is 4.74 Å². The van der Waals surface area contributed by atoms with Crippen molar-refractivity contribution in [1.29, 1.82) is 0 Å². The summed E-state index contributed by atoms with van der Waals surface area (Å²) < 4.78 is 46.0. The highest BCUT2D eigenvalue weighted by molar-refractivity contribution is 5.94. The lowest BCUT2D eigenvalue weighted by Gasteiger charge is -2.17. The average molecular weight is 373 g/mol. The van der Waals surface area contributed by atoms with Crippen molar-refractivity contribution in [3.8, 4) is 5.88 Å². The van der Waals surface area contributed by atoms with E-state index in [1.807, 2.05) is 24.3 Å². The molecule has 27 heavy (non-hydrogen) atoms. The number of fused-ring (bicyclic) bond motifs is 1. The molecule has 138 valence electrons. The topological polar surface area (TPSA) is 55.3 Å². The molecule has 0 radical (unpaired) electrons. The van der Waals surface area contributed by atoms with Crippen LogP contribution >= 0.6 is 0 Å². The Morgan fingerprint density at radius 2 is 1.85 bits per heavy atom. The van der Waals surface area contributed by atoms with Gasteiger partial charge in [-0.25, -0.2) is 23.1 Å². The van der Waals surface area contributed by atoms with Gasteiger partial charge in [0, 0.05) is 13.0 Å². The molecule has 1 atom stereocenters. The van der Waals surface area contributed by atoms with Crippen LogP contribution in [0.2, 0.25) is 0 Å². The van der Waals surface area contributed by atoms with Crippen molar-refractivity contribution in [3.05, 3.63) is 65.6 Å². The molecule has 1 unspecified atom stereocenters. The number of nitrogens with zero attached hydrogens (tertiary/aromatic N) is 3. The smallest absolute Gasteiger partial charge is 0.257 e. The predicted molar refractivity (Wildman–Crippen MR) is 90.8 cm³/mol. The molecule has 2 aromatic carbocycles. The molecular formula is C19H14F3N3O2. The summed E-state index contributed by atoms with van der Waals surface area (Å²) in [6, 6.07) is 9.02. The Hall–Kier alpha value is -3.16. The predicted octanol–water partition coefficient (Wildman–Crippen LogP) is 3.34. The number of rotatable bonds is 3. The van der Waals surface area contributed by atoms with Gasteiger partial charge >= 0.3 is 0 Å². The normalized spacial score (nSPS) is 16.7. The minimum absolute atomic E-state index is 0.186. The van der Waals surface area contributed by atoms with E-state index in [1.165, 1.54) is 11.1 Å². The summed E-state index contributed by atoms with van der Waals surface area (Å²) in [5.41, 5.74) is 0.923. The van der Waals surface area contributed by atoms with Crippen molar-refractivity contribution >= 4 is 16.9 Å². The molecule has 1 aliphatic rings. The molecule has 2 heterocycles. The van der Waals surface area contributed by atoms with Gasteiger partial charge in [-0.15, -0.1) is 0 Å². The lowest BCUT2D eigenvalue weighted by Crippen LogP contribution is -2.31. The summed E-state index contributed by atoms with van der Waals surface area (Å²) in [6.45, 7) is 0.495. The summed E-state index contributed by atoms with van der Waals surface area (Å²) >= 11 is 0. The number of halogens is 3. The van der Waals surface area contributed by atoms with Gasteiger partial charge in [-0.2, -0.15) is 0 Å². The van der Waals surface area contributed by atoms with Gasteiger partial charge in [0.05, 0.1) is 29.3 Å². The molecule has 8 heteroatoms. The first-order valence-corrected chi connectivity index (χ1v) is 8.34. The van der Waals surface area contributed by atoms with Gasteiger partial charge < -0.3 is 9.64 Å². The molecule has 1 aliphatic heterocycles.